The third-order valence-corrected chi connectivity index (χ3v) is 4.31. The number of nitrogens with one attached hydrogen (secondary N) is 2. The Hall–Kier alpha value is -1.26. The van der Waals surface area contributed by atoms with Gasteiger partial charge in [-0.1, -0.05) is 24.6 Å². The minimum Gasteiger partial charge on any atom is -0.321 e. The first-order valence-corrected chi connectivity index (χ1v) is 8.04. The number of anilines is 1. The number of benzene rings is 1. The van der Waals surface area contributed by atoms with Crippen LogP contribution in [0.4, 0.5) is 10.5 Å². The van der Waals surface area contributed by atoms with Crippen LogP contribution in [0.3, 0.4) is 0 Å². The molecule has 1 saturated heterocycles. The summed E-state index contributed by atoms with van der Waals surface area (Å²) in [6, 6.07) is 5.93. The predicted molar refractivity (Wildman–Crippen MR) is 88.1 cm³/mol. The highest BCUT2D eigenvalue weighted by atomic mass is 35.5. The zero-order chi connectivity index (χ0) is 15.2. The molecule has 2 rings (SSSR count). The largest absolute Gasteiger partial charge is 0.322 e. The lowest BCUT2D eigenvalue weighted by Gasteiger charge is -2.34. The molecular weight excluding hydrogens is 286 g/mol. The number of carbonyl (C=O) groups excluding carboxylic acids is 1. The molecule has 0 aromatic heterocycles. The second-order valence-corrected chi connectivity index (χ2v) is 5.98. The molecule has 116 valence electrons. The highest BCUT2D eigenvalue weighted by molar-refractivity contribution is 6.31. The fraction of sp³-hybridized carbons (Fsp3) is 0.562. The molecular formula is C16H24ClN3O. The van der Waals surface area contributed by atoms with E-state index >= 15 is 0 Å². The van der Waals surface area contributed by atoms with Gasteiger partial charge in [0.05, 0.1) is 0 Å². The van der Waals surface area contributed by atoms with E-state index in [1.807, 2.05) is 24.0 Å². The van der Waals surface area contributed by atoms with Crippen LogP contribution < -0.4 is 10.6 Å². The first kappa shape index (κ1) is 16.1. The average molecular weight is 310 g/mol. The Morgan fingerprint density at radius 2 is 2.14 bits per heavy atom. The van der Waals surface area contributed by atoms with Gasteiger partial charge >= 0.3 is 6.03 Å². The van der Waals surface area contributed by atoms with Crippen LogP contribution in [0.2, 0.25) is 5.02 Å². The summed E-state index contributed by atoms with van der Waals surface area (Å²) in [5.74, 6) is 0. The Morgan fingerprint density at radius 3 is 2.76 bits per heavy atom. The summed E-state index contributed by atoms with van der Waals surface area (Å²) in [6.07, 6.45) is 3.00. The minimum absolute atomic E-state index is 0.0244. The number of hydrogen-bond acceptors (Lipinski definition) is 2. The second-order valence-electron chi connectivity index (χ2n) is 5.57. The topological polar surface area (TPSA) is 44.4 Å². The van der Waals surface area contributed by atoms with Gasteiger partial charge in [-0.15, -0.1) is 0 Å². The maximum Gasteiger partial charge on any atom is 0.322 e. The normalized spacial score (nSPS) is 15.8. The molecule has 4 nitrogen and oxygen atoms in total. The molecule has 0 spiro atoms. The van der Waals surface area contributed by atoms with Gasteiger partial charge in [-0.25, -0.2) is 4.79 Å². The van der Waals surface area contributed by atoms with Crippen molar-refractivity contribution < 1.29 is 4.79 Å². The summed E-state index contributed by atoms with van der Waals surface area (Å²) in [4.78, 5) is 14.5. The van der Waals surface area contributed by atoms with E-state index in [9.17, 15) is 4.79 Å². The van der Waals surface area contributed by atoms with Crippen molar-refractivity contribution in [1.29, 1.82) is 0 Å². The van der Waals surface area contributed by atoms with E-state index in [1.54, 1.807) is 6.07 Å². The fourth-order valence-corrected chi connectivity index (χ4v) is 2.86. The average Bonchev–Trinajstić information content (AvgIpc) is 2.49. The molecule has 1 heterocycles. The molecule has 2 amide bonds. The number of urea groups is 1. The van der Waals surface area contributed by atoms with Gasteiger partial charge in [-0.05, 0) is 57.0 Å². The molecule has 0 radical (unpaired) electrons. The van der Waals surface area contributed by atoms with Crippen LogP contribution in [0.1, 0.15) is 31.7 Å². The standard InChI is InChI=1S/C16H24ClN3O/c1-3-10-20(14-6-8-18-9-7-14)16(21)19-13-5-4-12(2)15(17)11-13/h4-5,11,14,18H,3,6-10H2,1-2H3,(H,19,21). The monoisotopic (exact) mass is 309 g/mol. The summed E-state index contributed by atoms with van der Waals surface area (Å²) in [6.45, 7) is 6.80. The van der Waals surface area contributed by atoms with E-state index < -0.39 is 0 Å². The number of carbonyl (C=O) groups is 1. The third kappa shape index (κ3) is 4.35. The summed E-state index contributed by atoms with van der Waals surface area (Å²) >= 11 is 6.11. The van der Waals surface area contributed by atoms with E-state index in [4.69, 9.17) is 11.6 Å². The van der Waals surface area contributed by atoms with Crippen molar-refractivity contribution in [2.75, 3.05) is 25.0 Å². The summed E-state index contributed by atoms with van der Waals surface area (Å²) in [5.41, 5.74) is 1.77. The number of halogens is 1. The van der Waals surface area contributed by atoms with Crippen LogP contribution in [0.5, 0.6) is 0 Å². The quantitative estimate of drug-likeness (QED) is 0.892. The Kier molecular flexibility index (Phi) is 5.88. The summed E-state index contributed by atoms with van der Waals surface area (Å²) in [7, 11) is 0. The molecule has 1 aliphatic rings. The molecule has 1 aliphatic heterocycles. The van der Waals surface area contributed by atoms with Crippen molar-refractivity contribution >= 4 is 23.3 Å². The SMILES string of the molecule is CCCN(C(=O)Nc1ccc(C)c(Cl)c1)C1CCNCC1. The molecule has 2 N–H and O–H groups in total. The number of piperidine rings is 1. The van der Waals surface area contributed by atoms with Gasteiger partial charge in [0.2, 0.25) is 0 Å². The lowest BCUT2D eigenvalue weighted by molar-refractivity contribution is 0.171. The van der Waals surface area contributed by atoms with Gasteiger partial charge in [-0.2, -0.15) is 0 Å². The third-order valence-electron chi connectivity index (χ3n) is 3.90. The maximum absolute atomic E-state index is 12.5. The highest BCUT2D eigenvalue weighted by Crippen LogP contribution is 2.21. The fourth-order valence-electron chi connectivity index (χ4n) is 2.68. The molecule has 1 fully saturated rings. The van der Waals surface area contributed by atoms with Crippen molar-refractivity contribution in [2.24, 2.45) is 0 Å². The molecule has 0 unspecified atom stereocenters. The Balaban J connectivity index is 2.05. The van der Waals surface area contributed by atoms with E-state index in [-0.39, 0.29) is 6.03 Å². The van der Waals surface area contributed by atoms with Crippen LogP contribution in [-0.4, -0.2) is 36.6 Å². The van der Waals surface area contributed by atoms with Crippen LogP contribution in [0, 0.1) is 6.92 Å². The van der Waals surface area contributed by atoms with E-state index in [0.717, 1.165) is 50.1 Å². The van der Waals surface area contributed by atoms with Gasteiger partial charge in [0, 0.05) is 23.3 Å². The Morgan fingerprint density at radius 1 is 1.43 bits per heavy atom. The van der Waals surface area contributed by atoms with E-state index in [2.05, 4.69) is 17.6 Å². The van der Waals surface area contributed by atoms with Crippen LogP contribution in [0.15, 0.2) is 18.2 Å². The van der Waals surface area contributed by atoms with Gasteiger partial charge in [0.15, 0.2) is 0 Å². The lowest BCUT2D eigenvalue weighted by atomic mass is 10.0. The van der Waals surface area contributed by atoms with Gasteiger partial charge in [0.1, 0.15) is 0 Å². The van der Waals surface area contributed by atoms with Crippen molar-refractivity contribution in [3.05, 3.63) is 28.8 Å². The second kappa shape index (κ2) is 7.66. The summed E-state index contributed by atoms with van der Waals surface area (Å²) in [5, 5.41) is 6.99. The van der Waals surface area contributed by atoms with E-state index in [1.165, 1.54) is 0 Å². The minimum atomic E-state index is -0.0244. The van der Waals surface area contributed by atoms with Crippen molar-refractivity contribution in [3.63, 3.8) is 0 Å². The molecule has 0 bridgehead atoms. The van der Waals surface area contributed by atoms with Crippen molar-refractivity contribution in [2.45, 2.75) is 39.2 Å². The first-order chi connectivity index (χ1) is 10.1. The maximum atomic E-state index is 12.5. The van der Waals surface area contributed by atoms with Crippen molar-refractivity contribution in [3.8, 4) is 0 Å². The number of rotatable bonds is 4. The van der Waals surface area contributed by atoms with Gasteiger partial charge in [-0.3, -0.25) is 0 Å². The number of aryl methyl sites for hydroxylation is 1. The van der Waals surface area contributed by atoms with Crippen LogP contribution >= 0.6 is 11.6 Å². The molecule has 0 aliphatic carbocycles. The smallest absolute Gasteiger partial charge is 0.321 e. The molecule has 0 atom stereocenters. The first-order valence-electron chi connectivity index (χ1n) is 7.66. The molecule has 1 aromatic rings. The number of hydrogen-bond donors (Lipinski definition) is 2. The van der Waals surface area contributed by atoms with Gasteiger partial charge in [0.25, 0.3) is 0 Å². The molecule has 1 aromatic carbocycles. The van der Waals surface area contributed by atoms with E-state index in [0.29, 0.717) is 11.1 Å². The molecule has 21 heavy (non-hydrogen) atoms. The lowest BCUT2D eigenvalue weighted by Crippen LogP contribution is -2.48. The van der Waals surface area contributed by atoms with Crippen molar-refractivity contribution in [1.82, 2.24) is 10.2 Å². The zero-order valence-corrected chi connectivity index (χ0v) is 13.5. The molecule has 5 heteroatoms. The van der Waals surface area contributed by atoms with Crippen LogP contribution in [-0.2, 0) is 0 Å². The molecule has 0 saturated carbocycles. The zero-order valence-electron chi connectivity index (χ0n) is 12.8. The Labute approximate surface area is 131 Å². The highest BCUT2D eigenvalue weighted by Gasteiger charge is 2.24. The summed E-state index contributed by atoms with van der Waals surface area (Å²) < 4.78 is 0. The van der Waals surface area contributed by atoms with Crippen LogP contribution in [0.25, 0.3) is 0 Å². The Bertz CT molecular complexity index is 486. The number of amides is 2. The number of nitrogens with zero attached hydrogens (tertiary/aromatic N) is 1. The predicted octanol–water partition coefficient (Wildman–Crippen LogP) is 3.64. The van der Waals surface area contributed by atoms with Gasteiger partial charge < -0.3 is 15.5 Å².